The number of pyridine rings is 1. The maximum Gasteiger partial charge on any atom is 0.166 e. The van der Waals surface area contributed by atoms with Crippen molar-refractivity contribution in [2.45, 2.75) is 19.5 Å². The lowest BCUT2D eigenvalue weighted by atomic mass is 10.1. The molecular formula is C12H17N3O2. The van der Waals surface area contributed by atoms with Gasteiger partial charge in [-0.1, -0.05) is 6.92 Å². The molecule has 0 aromatic carbocycles. The smallest absolute Gasteiger partial charge is 0.166 e. The van der Waals surface area contributed by atoms with Gasteiger partial charge in [0.25, 0.3) is 0 Å². The van der Waals surface area contributed by atoms with Crippen molar-refractivity contribution in [1.82, 2.24) is 4.98 Å². The molecule has 1 atom stereocenters. The molecule has 2 N–H and O–H groups in total. The Kier molecular flexibility index (Phi) is 3.71. The van der Waals surface area contributed by atoms with E-state index in [2.05, 4.69) is 4.98 Å². The highest BCUT2D eigenvalue weighted by atomic mass is 16.5. The molecule has 0 saturated carbocycles. The molecule has 1 aliphatic rings. The van der Waals surface area contributed by atoms with Crippen molar-refractivity contribution in [2.75, 3.05) is 24.7 Å². The first-order valence-corrected chi connectivity index (χ1v) is 5.82. The molecule has 0 bridgehead atoms. The predicted octanol–water partition coefficient (Wildman–Crippen LogP) is 0.796. The topological polar surface area (TPSA) is 68.5 Å². The molecular weight excluding hydrogens is 218 g/mol. The number of nitrogens with zero attached hydrogens (tertiary/aromatic N) is 2. The van der Waals surface area contributed by atoms with Crippen LogP contribution in [0, 0.1) is 0 Å². The number of Topliss-reactive ketones (excluding diaryl/α,β-unsaturated/α-hetero) is 1. The van der Waals surface area contributed by atoms with E-state index in [1.54, 1.807) is 18.3 Å². The third-order valence-corrected chi connectivity index (χ3v) is 2.85. The Morgan fingerprint density at radius 1 is 1.71 bits per heavy atom. The zero-order valence-corrected chi connectivity index (χ0v) is 9.93. The van der Waals surface area contributed by atoms with E-state index in [4.69, 9.17) is 10.5 Å². The van der Waals surface area contributed by atoms with E-state index in [-0.39, 0.29) is 11.9 Å². The van der Waals surface area contributed by atoms with Gasteiger partial charge in [-0.2, -0.15) is 0 Å². The molecule has 2 rings (SSSR count). The van der Waals surface area contributed by atoms with Crippen molar-refractivity contribution in [3.8, 4) is 0 Å². The molecule has 17 heavy (non-hydrogen) atoms. The van der Waals surface area contributed by atoms with Crippen molar-refractivity contribution in [2.24, 2.45) is 5.73 Å². The zero-order valence-electron chi connectivity index (χ0n) is 9.93. The molecule has 5 heteroatoms. The number of ether oxygens (including phenoxy) is 1. The zero-order chi connectivity index (χ0) is 12.3. The summed E-state index contributed by atoms with van der Waals surface area (Å²) in [5, 5.41) is 0. The number of rotatable bonds is 3. The number of aromatic nitrogens is 1. The molecule has 0 amide bonds. The number of ketones is 1. The normalized spacial score (nSPS) is 20.4. The van der Waals surface area contributed by atoms with Crippen LogP contribution in [0.5, 0.6) is 0 Å². The first-order valence-electron chi connectivity index (χ1n) is 5.82. The molecule has 1 aliphatic heterocycles. The number of anilines is 1. The van der Waals surface area contributed by atoms with Gasteiger partial charge in [0.15, 0.2) is 5.78 Å². The molecule has 0 spiro atoms. The van der Waals surface area contributed by atoms with Crippen LogP contribution in [0.15, 0.2) is 18.3 Å². The van der Waals surface area contributed by atoms with E-state index in [1.165, 1.54) is 0 Å². The summed E-state index contributed by atoms with van der Waals surface area (Å²) >= 11 is 0. The third kappa shape index (κ3) is 2.45. The van der Waals surface area contributed by atoms with Crippen molar-refractivity contribution in [1.29, 1.82) is 0 Å². The van der Waals surface area contributed by atoms with Gasteiger partial charge < -0.3 is 15.4 Å². The molecule has 1 aromatic heterocycles. The Hall–Kier alpha value is -1.46. The van der Waals surface area contributed by atoms with Crippen LogP contribution in [0.4, 0.5) is 5.82 Å². The third-order valence-electron chi connectivity index (χ3n) is 2.85. The highest BCUT2D eigenvalue weighted by Gasteiger charge is 2.24. The first-order chi connectivity index (χ1) is 8.24. The monoisotopic (exact) mass is 235 g/mol. The van der Waals surface area contributed by atoms with Crippen molar-refractivity contribution < 1.29 is 9.53 Å². The Morgan fingerprint density at radius 3 is 3.24 bits per heavy atom. The fourth-order valence-electron chi connectivity index (χ4n) is 1.92. The average Bonchev–Trinajstić information content (AvgIpc) is 2.38. The summed E-state index contributed by atoms with van der Waals surface area (Å²) in [6.07, 6.45) is 1.92. The van der Waals surface area contributed by atoms with Gasteiger partial charge in [-0.3, -0.25) is 4.79 Å². The van der Waals surface area contributed by atoms with Crippen LogP contribution >= 0.6 is 0 Å². The Balaban J connectivity index is 2.33. The minimum absolute atomic E-state index is 0.0896. The summed E-state index contributed by atoms with van der Waals surface area (Å²) in [5.41, 5.74) is 6.62. The van der Waals surface area contributed by atoms with Crippen LogP contribution in [0.1, 0.15) is 23.7 Å². The van der Waals surface area contributed by atoms with E-state index in [9.17, 15) is 4.79 Å². The number of hydrogen-bond acceptors (Lipinski definition) is 5. The largest absolute Gasteiger partial charge is 0.376 e. The number of morpholine rings is 1. The Labute approximate surface area is 101 Å². The van der Waals surface area contributed by atoms with E-state index in [0.717, 1.165) is 0 Å². The van der Waals surface area contributed by atoms with E-state index in [1.807, 2.05) is 11.8 Å². The molecule has 0 aliphatic carbocycles. The van der Waals surface area contributed by atoms with Crippen LogP contribution < -0.4 is 10.6 Å². The lowest BCUT2D eigenvalue weighted by molar-refractivity contribution is 0.0939. The second-order valence-corrected chi connectivity index (χ2v) is 3.99. The van der Waals surface area contributed by atoms with Crippen LogP contribution in [0.2, 0.25) is 0 Å². The highest BCUT2D eigenvalue weighted by Crippen LogP contribution is 2.21. The SMILES string of the molecule is CCC(=O)c1cccnc1N1CCOCC1N. The quantitative estimate of drug-likeness (QED) is 0.785. The summed E-state index contributed by atoms with van der Waals surface area (Å²) in [4.78, 5) is 18.1. The first kappa shape index (κ1) is 12.0. The molecule has 1 fully saturated rings. The summed E-state index contributed by atoms with van der Waals surface area (Å²) in [7, 11) is 0. The summed E-state index contributed by atoms with van der Waals surface area (Å²) in [6, 6.07) is 3.58. The molecule has 1 aromatic rings. The van der Waals surface area contributed by atoms with Crippen molar-refractivity contribution in [3.05, 3.63) is 23.9 Å². The Morgan fingerprint density at radius 2 is 2.53 bits per heavy atom. The van der Waals surface area contributed by atoms with Crippen LogP contribution in [-0.4, -0.2) is 36.7 Å². The molecule has 92 valence electrons. The van der Waals surface area contributed by atoms with Gasteiger partial charge in [0, 0.05) is 19.2 Å². The summed E-state index contributed by atoms with van der Waals surface area (Å²) in [5.74, 6) is 0.766. The molecule has 1 saturated heterocycles. The van der Waals surface area contributed by atoms with Crippen LogP contribution in [-0.2, 0) is 4.74 Å². The van der Waals surface area contributed by atoms with Gasteiger partial charge in [-0.15, -0.1) is 0 Å². The van der Waals surface area contributed by atoms with E-state index >= 15 is 0 Å². The van der Waals surface area contributed by atoms with Crippen molar-refractivity contribution in [3.63, 3.8) is 0 Å². The van der Waals surface area contributed by atoms with Crippen LogP contribution in [0.25, 0.3) is 0 Å². The lowest BCUT2D eigenvalue weighted by Crippen LogP contribution is -2.51. The van der Waals surface area contributed by atoms with Crippen LogP contribution in [0.3, 0.4) is 0 Å². The number of carbonyl (C=O) groups excluding carboxylic acids is 1. The van der Waals surface area contributed by atoms with Gasteiger partial charge in [0.2, 0.25) is 0 Å². The van der Waals surface area contributed by atoms with Gasteiger partial charge in [-0.05, 0) is 12.1 Å². The highest BCUT2D eigenvalue weighted by molar-refractivity contribution is 6.00. The van der Waals surface area contributed by atoms with Gasteiger partial charge in [0.05, 0.1) is 18.8 Å². The standard InChI is InChI=1S/C12H17N3O2/c1-2-10(16)9-4-3-5-14-12(9)15-6-7-17-8-11(15)13/h3-5,11H,2,6-8,13H2,1H3. The second-order valence-electron chi connectivity index (χ2n) is 3.99. The van der Waals surface area contributed by atoms with Gasteiger partial charge >= 0.3 is 0 Å². The molecule has 5 nitrogen and oxygen atoms in total. The van der Waals surface area contributed by atoms with Gasteiger partial charge in [-0.25, -0.2) is 4.98 Å². The molecule has 2 heterocycles. The summed E-state index contributed by atoms with van der Waals surface area (Å²) < 4.78 is 5.28. The fourth-order valence-corrected chi connectivity index (χ4v) is 1.92. The fraction of sp³-hybridized carbons (Fsp3) is 0.500. The number of hydrogen-bond donors (Lipinski definition) is 1. The maximum absolute atomic E-state index is 11.8. The van der Waals surface area contributed by atoms with E-state index < -0.39 is 0 Å². The van der Waals surface area contributed by atoms with Crippen molar-refractivity contribution >= 4 is 11.6 Å². The summed E-state index contributed by atoms with van der Waals surface area (Å²) in [6.45, 7) is 3.60. The maximum atomic E-state index is 11.8. The predicted molar refractivity (Wildman–Crippen MR) is 65.0 cm³/mol. The minimum atomic E-state index is -0.234. The Bertz CT molecular complexity index is 408. The molecule has 0 radical (unpaired) electrons. The lowest BCUT2D eigenvalue weighted by Gasteiger charge is -2.34. The second kappa shape index (κ2) is 5.25. The van der Waals surface area contributed by atoms with Gasteiger partial charge in [0.1, 0.15) is 12.0 Å². The number of carbonyl (C=O) groups is 1. The number of nitrogens with two attached hydrogens (primary N) is 1. The molecule has 1 unspecified atom stereocenters. The average molecular weight is 235 g/mol. The minimum Gasteiger partial charge on any atom is -0.376 e. The van der Waals surface area contributed by atoms with E-state index in [0.29, 0.717) is 37.6 Å².